The van der Waals surface area contributed by atoms with Gasteiger partial charge in [0.15, 0.2) is 5.78 Å². The van der Waals surface area contributed by atoms with Crippen LogP contribution < -0.4 is 0 Å². The molecule has 1 atom stereocenters. The lowest BCUT2D eigenvalue weighted by Crippen LogP contribution is -2.27. The standard InChI is InChI=1S/C13H13Br2FO2/c1-7(2)6-10(17)12(16)13(18)11-8(14)4-3-5-9(11)15/h3-5,7,12H,6H2,1-2H3. The molecule has 0 saturated carbocycles. The Morgan fingerprint density at radius 2 is 1.72 bits per heavy atom. The van der Waals surface area contributed by atoms with Crippen LogP contribution in [0.3, 0.4) is 0 Å². The Hall–Kier alpha value is -0.550. The number of alkyl halides is 1. The highest BCUT2D eigenvalue weighted by molar-refractivity contribution is 9.11. The van der Waals surface area contributed by atoms with Gasteiger partial charge in [-0.1, -0.05) is 51.8 Å². The second-order valence-corrected chi connectivity index (χ2v) is 6.10. The topological polar surface area (TPSA) is 34.1 Å². The first kappa shape index (κ1) is 15.5. The van der Waals surface area contributed by atoms with Crippen molar-refractivity contribution in [3.63, 3.8) is 0 Å². The van der Waals surface area contributed by atoms with Crippen molar-refractivity contribution in [2.75, 3.05) is 0 Å². The summed E-state index contributed by atoms with van der Waals surface area (Å²) in [6, 6.07) is 4.99. The summed E-state index contributed by atoms with van der Waals surface area (Å²) in [7, 11) is 0. The highest BCUT2D eigenvalue weighted by atomic mass is 79.9. The Balaban J connectivity index is 2.97. The van der Waals surface area contributed by atoms with Crippen molar-refractivity contribution in [2.24, 2.45) is 5.92 Å². The normalized spacial score (nSPS) is 12.6. The van der Waals surface area contributed by atoms with Gasteiger partial charge >= 0.3 is 0 Å². The molecule has 0 saturated heterocycles. The van der Waals surface area contributed by atoms with Crippen LogP contribution in [0.4, 0.5) is 4.39 Å². The third-order valence-electron chi connectivity index (χ3n) is 2.33. The zero-order valence-corrected chi connectivity index (χ0v) is 13.2. The van der Waals surface area contributed by atoms with Crippen molar-refractivity contribution in [3.05, 3.63) is 32.7 Å². The molecule has 5 heteroatoms. The van der Waals surface area contributed by atoms with Crippen molar-refractivity contribution in [3.8, 4) is 0 Å². The first-order valence-electron chi connectivity index (χ1n) is 5.49. The summed E-state index contributed by atoms with van der Waals surface area (Å²) in [5.41, 5.74) is 0.169. The molecule has 0 amide bonds. The first-order valence-corrected chi connectivity index (χ1v) is 7.08. The van der Waals surface area contributed by atoms with Crippen molar-refractivity contribution < 1.29 is 14.0 Å². The minimum atomic E-state index is -2.10. The largest absolute Gasteiger partial charge is 0.296 e. The highest BCUT2D eigenvalue weighted by Gasteiger charge is 2.29. The molecule has 18 heavy (non-hydrogen) atoms. The Morgan fingerprint density at radius 1 is 1.22 bits per heavy atom. The van der Waals surface area contributed by atoms with Gasteiger partial charge < -0.3 is 0 Å². The van der Waals surface area contributed by atoms with Gasteiger partial charge in [-0.2, -0.15) is 0 Å². The van der Waals surface area contributed by atoms with Gasteiger partial charge in [-0.3, -0.25) is 9.59 Å². The zero-order chi connectivity index (χ0) is 13.9. The molecule has 0 N–H and O–H groups in total. The van der Waals surface area contributed by atoms with Crippen LogP contribution in [0.5, 0.6) is 0 Å². The number of halogens is 3. The van der Waals surface area contributed by atoms with Gasteiger partial charge in [0, 0.05) is 20.9 Å². The molecule has 0 aromatic heterocycles. The highest BCUT2D eigenvalue weighted by Crippen LogP contribution is 2.27. The number of rotatable bonds is 5. The second-order valence-electron chi connectivity index (χ2n) is 4.39. The third-order valence-corrected chi connectivity index (χ3v) is 3.65. The van der Waals surface area contributed by atoms with E-state index in [-0.39, 0.29) is 17.9 Å². The Labute approximate surface area is 122 Å². The maximum Gasteiger partial charge on any atom is 0.220 e. The van der Waals surface area contributed by atoms with Crippen LogP contribution in [0.1, 0.15) is 30.6 Å². The molecule has 1 rings (SSSR count). The number of carbonyl (C=O) groups is 2. The number of Topliss-reactive ketones (excluding diaryl/α,β-unsaturated/α-hetero) is 2. The van der Waals surface area contributed by atoms with Crippen LogP contribution in [0, 0.1) is 5.92 Å². The summed E-state index contributed by atoms with van der Waals surface area (Å²) in [5.74, 6) is -1.44. The van der Waals surface area contributed by atoms with Gasteiger partial charge in [-0.15, -0.1) is 0 Å². The van der Waals surface area contributed by atoms with E-state index in [1.165, 1.54) is 0 Å². The molecule has 0 aliphatic rings. The van der Waals surface area contributed by atoms with Crippen LogP contribution >= 0.6 is 31.9 Å². The van der Waals surface area contributed by atoms with Crippen molar-refractivity contribution in [2.45, 2.75) is 26.4 Å². The molecule has 0 spiro atoms. The van der Waals surface area contributed by atoms with Gasteiger partial charge in [-0.05, 0) is 18.1 Å². The summed E-state index contributed by atoms with van der Waals surface area (Å²) < 4.78 is 14.8. The molecule has 98 valence electrons. The van der Waals surface area contributed by atoms with E-state index in [0.29, 0.717) is 8.95 Å². The Morgan fingerprint density at radius 3 is 2.17 bits per heavy atom. The van der Waals surface area contributed by atoms with Gasteiger partial charge in [-0.25, -0.2) is 4.39 Å². The van der Waals surface area contributed by atoms with Crippen molar-refractivity contribution in [1.29, 1.82) is 0 Å². The zero-order valence-electron chi connectivity index (χ0n) is 10.0. The Bertz CT molecular complexity index is 452. The predicted molar refractivity (Wildman–Crippen MR) is 75.5 cm³/mol. The number of hydrogen-bond acceptors (Lipinski definition) is 2. The smallest absolute Gasteiger partial charge is 0.220 e. The van der Waals surface area contributed by atoms with E-state index in [1.54, 1.807) is 18.2 Å². The van der Waals surface area contributed by atoms with E-state index < -0.39 is 17.7 Å². The molecule has 2 nitrogen and oxygen atoms in total. The third kappa shape index (κ3) is 3.72. The van der Waals surface area contributed by atoms with Gasteiger partial charge in [0.25, 0.3) is 0 Å². The maximum absolute atomic E-state index is 13.9. The van der Waals surface area contributed by atoms with Crippen LogP contribution in [-0.4, -0.2) is 17.7 Å². The van der Waals surface area contributed by atoms with Crippen molar-refractivity contribution >= 4 is 43.4 Å². The molecule has 1 aromatic rings. The molecular formula is C13H13Br2FO2. The second kappa shape index (κ2) is 6.57. The number of benzene rings is 1. The van der Waals surface area contributed by atoms with E-state index in [1.807, 2.05) is 13.8 Å². The predicted octanol–water partition coefficient (Wildman–Crippen LogP) is 4.35. The fourth-order valence-corrected chi connectivity index (χ4v) is 2.90. The minimum absolute atomic E-state index is 0.0335. The van der Waals surface area contributed by atoms with E-state index in [9.17, 15) is 14.0 Å². The van der Waals surface area contributed by atoms with Gasteiger partial charge in [0.2, 0.25) is 12.0 Å². The Kier molecular flexibility index (Phi) is 5.66. The van der Waals surface area contributed by atoms with Gasteiger partial charge in [0.1, 0.15) is 0 Å². The van der Waals surface area contributed by atoms with Crippen LogP contribution in [0.2, 0.25) is 0 Å². The maximum atomic E-state index is 13.9. The molecule has 0 heterocycles. The monoisotopic (exact) mass is 378 g/mol. The van der Waals surface area contributed by atoms with Crippen LogP contribution in [0.25, 0.3) is 0 Å². The summed E-state index contributed by atoms with van der Waals surface area (Å²) in [6.07, 6.45) is -2.03. The number of carbonyl (C=O) groups excluding carboxylic acids is 2. The van der Waals surface area contributed by atoms with Crippen LogP contribution in [-0.2, 0) is 4.79 Å². The summed E-state index contributed by atoms with van der Waals surface area (Å²) in [5, 5.41) is 0. The lowest BCUT2D eigenvalue weighted by Gasteiger charge is -2.11. The quantitative estimate of drug-likeness (QED) is 0.563. The molecule has 0 fully saturated rings. The van der Waals surface area contributed by atoms with Crippen molar-refractivity contribution in [1.82, 2.24) is 0 Å². The SMILES string of the molecule is CC(C)CC(=O)C(F)C(=O)c1c(Br)cccc1Br. The van der Waals surface area contributed by atoms with Gasteiger partial charge in [0.05, 0.1) is 0 Å². The fraction of sp³-hybridized carbons (Fsp3) is 0.385. The molecular weight excluding hydrogens is 367 g/mol. The molecule has 1 unspecified atom stereocenters. The van der Waals surface area contributed by atoms with E-state index in [2.05, 4.69) is 31.9 Å². The minimum Gasteiger partial charge on any atom is -0.296 e. The lowest BCUT2D eigenvalue weighted by atomic mass is 9.98. The molecule has 0 radical (unpaired) electrons. The average molecular weight is 380 g/mol. The number of hydrogen-bond donors (Lipinski definition) is 0. The summed E-state index contributed by atoms with van der Waals surface area (Å²) in [6.45, 7) is 3.62. The number of ketones is 2. The lowest BCUT2D eigenvalue weighted by molar-refractivity contribution is -0.122. The summed E-state index contributed by atoms with van der Waals surface area (Å²) in [4.78, 5) is 23.5. The molecule has 0 bridgehead atoms. The summed E-state index contributed by atoms with van der Waals surface area (Å²) >= 11 is 6.37. The van der Waals surface area contributed by atoms with E-state index in [4.69, 9.17) is 0 Å². The average Bonchev–Trinajstić information content (AvgIpc) is 2.26. The van der Waals surface area contributed by atoms with Crippen LogP contribution in [0.15, 0.2) is 27.1 Å². The van der Waals surface area contributed by atoms with E-state index in [0.717, 1.165) is 0 Å². The fourth-order valence-electron chi connectivity index (χ4n) is 1.51. The molecule has 1 aromatic carbocycles. The first-order chi connectivity index (χ1) is 8.34. The molecule has 0 aliphatic heterocycles. The van der Waals surface area contributed by atoms with E-state index >= 15 is 0 Å². The molecule has 0 aliphatic carbocycles.